The maximum Gasteiger partial charge on any atom is 0.295 e. The summed E-state index contributed by atoms with van der Waals surface area (Å²) in [6.45, 7) is 3.48. The molecular formula is C9H10F2N2O2. The van der Waals surface area contributed by atoms with E-state index >= 15 is 0 Å². The SMILES string of the molecule is CC(C)Nc1cc(F)c(F)cc1[N+](=O)[O-]. The molecule has 0 saturated heterocycles. The molecule has 0 saturated carbocycles. The van der Waals surface area contributed by atoms with E-state index in [1.165, 1.54) is 0 Å². The summed E-state index contributed by atoms with van der Waals surface area (Å²) in [5, 5.41) is 13.2. The molecule has 0 spiro atoms. The topological polar surface area (TPSA) is 55.2 Å². The first-order chi connectivity index (χ1) is 6.91. The van der Waals surface area contributed by atoms with Gasteiger partial charge in [0.25, 0.3) is 5.69 Å². The second-order valence-corrected chi connectivity index (χ2v) is 3.34. The van der Waals surface area contributed by atoms with E-state index in [2.05, 4.69) is 5.32 Å². The van der Waals surface area contributed by atoms with Crippen molar-refractivity contribution >= 4 is 11.4 Å². The van der Waals surface area contributed by atoms with Crippen LogP contribution in [0.2, 0.25) is 0 Å². The van der Waals surface area contributed by atoms with Gasteiger partial charge in [-0.25, -0.2) is 8.78 Å². The third-order valence-corrected chi connectivity index (χ3v) is 1.68. The number of benzene rings is 1. The highest BCUT2D eigenvalue weighted by Crippen LogP contribution is 2.27. The number of nitro groups is 1. The molecule has 1 N–H and O–H groups in total. The number of hydrogen-bond donors (Lipinski definition) is 1. The van der Waals surface area contributed by atoms with Gasteiger partial charge in [-0.1, -0.05) is 0 Å². The Hall–Kier alpha value is -1.72. The lowest BCUT2D eigenvalue weighted by Crippen LogP contribution is -2.12. The highest BCUT2D eigenvalue weighted by molar-refractivity contribution is 5.62. The monoisotopic (exact) mass is 216 g/mol. The van der Waals surface area contributed by atoms with E-state index in [0.717, 1.165) is 6.07 Å². The van der Waals surface area contributed by atoms with Crippen LogP contribution in [0.25, 0.3) is 0 Å². The molecule has 0 aliphatic carbocycles. The van der Waals surface area contributed by atoms with Gasteiger partial charge in [0, 0.05) is 12.1 Å². The smallest absolute Gasteiger partial charge is 0.295 e. The molecule has 0 fully saturated rings. The van der Waals surface area contributed by atoms with Crippen LogP contribution in [-0.2, 0) is 0 Å². The number of nitrogens with one attached hydrogen (secondary N) is 1. The standard InChI is InChI=1S/C9H10F2N2O2/c1-5(2)12-8-3-6(10)7(11)4-9(8)13(14)15/h3-5,12H,1-2H3. The Morgan fingerprint density at radius 1 is 1.33 bits per heavy atom. The molecule has 15 heavy (non-hydrogen) atoms. The van der Waals surface area contributed by atoms with E-state index in [9.17, 15) is 18.9 Å². The maximum atomic E-state index is 12.8. The fourth-order valence-corrected chi connectivity index (χ4v) is 1.11. The molecule has 0 aliphatic rings. The quantitative estimate of drug-likeness (QED) is 0.624. The van der Waals surface area contributed by atoms with Crippen molar-refractivity contribution in [3.63, 3.8) is 0 Å². The summed E-state index contributed by atoms with van der Waals surface area (Å²) in [5.74, 6) is -2.33. The molecule has 0 amide bonds. The Kier molecular flexibility index (Phi) is 3.18. The van der Waals surface area contributed by atoms with Crippen LogP contribution in [-0.4, -0.2) is 11.0 Å². The third-order valence-electron chi connectivity index (χ3n) is 1.68. The zero-order valence-corrected chi connectivity index (χ0v) is 8.25. The Balaban J connectivity index is 3.22. The minimum atomic E-state index is -1.23. The van der Waals surface area contributed by atoms with Gasteiger partial charge in [-0.05, 0) is 13.8 Å². The average Bonchev–Trinajstić information content (AvgIpc) is 2.09. The molecule has 1 aromatic rings. The molecule has 0 bridgehead atoms. The maximum absolute atomic E-state index is 12.8. The lowest BCUT2D eigenvalue weighted by atomic mass is 10.2. The van der Waals surface area contributed by atoms with Crippen LogP contribution in [0.3, 0.4) is 0 Å². The second kappa shape index (κ2) is 4.20. The van der Waals surface area contributed by atoms with Crippen molar-refractivity contribution in [2.24, 2.45) is 0 Å². The average molecular weight is 216 g/mol. The zero-order chi connectivity index (χ0) is 11.6. The summed E-state index contributed by atoms with van der Waals surface area (Å²) in [6.07, 6.45) is 0. The van der Waals surface area contributed by atoms with Gasteiger partial charge in [-0.3, -0.25) is 10.1 Å². The molecule has 4 nitrogen and oxygen atoms in total. The van der Waals surface area contributed by atoms with Gasteiger partial charge in [-0.2, -0.15) is 0 Å². The van der Waals surface area contributed by atoms with Crippen LogP contribution in [0.5, 0.6) is 0 Å². The summed E-state index contributed by atoms with van der Waals surface area (Å²) in [6, 6.07) is 1.25. The largest absolute Gasteiger partial charge is 0.377 e. The van der Waals surface area contributed by atoms with Crippen molar-refractivity contribution in [1.29, 1.82) is 0 Å². The lowest BCUT2D eigenvalue weighted by molar-refractivity contribution is -0.384. The molecule has 0 heterocycles. The van der Waals surface area contributed by atoms with E-state index in [1.54, 1.807) is 13.8 Å². The van der Waals surface area contributed by atoms with Crippen LogP contribution < -0.4 is 5.32 Å². The summed E-state index contributed by atoms with van der Waals surface area (Å²) >= 11 is 0. The van der Waals surface area contributed by atoms with Crippen molar-refractivity contribution in [1.82, 2.24) is 0 Å². The predicted molar refractivity (Wildman–Crippen MR) is 51.8 cm³/mol. The molecule has 1 rings (SSSR count). The number of anilines is 1. The minimum absolute atomic E-state index is 0.0195. The summed E-state index contributed by atoms with van der Waals surface area (Å²) in [4.78, 5) is 9.79. The highest BCUT2D eigenvalue weighted by Gasteiger charge is 2.18. The Labute approximate surface area is 85.1 Å². The van der Waals surface area contributed by atoms with Gasteiger partial charge in [0.15, 0.2) is 11.6 Å². The van der Waals surface area contributed by atoms with Crippen LogP contribution in [0.1, 0.15) is 13.8 Å². The Bertz CT molecular complexity index is 394. The van der Waals surface area contributed by atoms with Gasteiger partial charge < -0.3 is 5.32 Å². The Morgan fingerprint density at radius 2 is 1.87 bits per heavy atom. The first-order valence-corrected chi connectivity index (χ1v) is 4.31. The van der Waals surface area contributed by atoms with E-state index < -0.39 is 22.2 Å². The normalized spacial score (nSPS) is 10.5. The predicted octanol–water partition coefficient (Wildman–Crippen LogP) is 2.69. The van der Waals surface area contributed by atoms with Crippen molar-refractivity contribution < 1.29 is 13.7 Å². The summed E-state index contributed by atoms with van der Waals surface area (Å²) < 4.78 is 25.6. The summed E-state index contributed by atoms with van der Waals surface area (Å²) in [7, 11) is 0. The van der Waals surface area contributed by atoms with Gasteiger partial charge in [0.05, 0.1) is 11.0 Å². The molecular weight excluding hydrogens is 206 g/mol. The number of rotatable bonds is 3. The fourth-order valence-electron chi connectivity index (χ4n) is 1.11. The Morgan fingerprint density at radius 3 is 2.33 bits per heavy atom. The molecule has 0 aliphatic heterocycles. The molecule has 0 atom stereocenters. The number of nitrogens with zero attached hydrogens (tertiary/aromatic N) is 1. The van der Waals surface area contributed by atoms with Gasteiger partial charge >= 0.3 is 0 Å². The van der Waals surface area contributed by atoms with Crippen molar-refractivity contribution in [2.45, 2.75) is 19.9 Å². The van der Waals surface area contributed by atoms with Crippen LogP contribution >= 0.6 is 0 Å². The minimum Gasteiger partial charge on any atom is -0.377 e. The highest BCUT2D eigenvalue weighted by atomic mass is 19.2. The molecule has 0 radical (unpaired) electrons. The fraction of sp³-hybridized carbons (Fsp3) is 0.333. The lowest BCUT2D eigenvalue weighted by Gasteiger charge is -2.10. The van der Waals surface area contributed by atoms with Crippen LogP contribution in [0, 0.1) is 21.7 Å². The molecule has 82 valence electrons. The van der Waals surface area contributed by atoms with Crippen molar-refractivity contribution in [3.05, 3.63) is 33.9 Å². The molecule has 6 heteroatoms. The van der Waals surface area contributed by atoms with E-state index in [1.807, 2.05) is 0 Å². The first kappa shape index (κ1) is 11.4. The molecule has 0 unspecified atom stereocenters. The van der Waals surface area contributed by atoms with E-state index in [-0.39, 0.29) is 11.7 Å². The van der Waals surface area contributed by atoms with Crippen molar-refractivity contribution in [2.75, 3.05) is 5.32 Å². The number of halogens is 2. The van der Waals surface area contributed by atoms with Crippen LogP contribution in [0.4, 0.5) is 20.2 Å². The van der Waals surface area contributed by atoms with Gasteiger partial charge in [0.1, 0.15) is 5.69 Å². The zero-order valence-electron chi connectivity index (χ0n) is 8.25. The first-order valence-electron chi connectivity index (χ1n) is 4.31. The van der Waals surface area contributed by atoms with Gasteiger partial charge in [-0.15, -0.1) is 0 Å². The van der Waals surface area contributed by atoms with E-state index in [4.69, 9.17) is 0 Å². The second-order valence-electron chi connectivity index (χ2n) is 3.34. The molecule has 1 aromatic carbocycles. The van der Waals surface area contributed by atoms with Crippen molar-refractivity contribution in [3.8, 4) is 0 Å². The number of nitro benzene ring substituents is 1. The van der Waals surface area contributed by atoms with E-state index in [0.29, 0.717) is 6.07 Å². The summed E-state index contributed by atoms with van der Waals surface area (Å²) in [5.41, 5.74) is -0.489. The van der Waals surface area contributed by atoms with Crippen LogP contribution in [0.15, 0.2) is 12.1 Å². The number of hydrogen-bond acceptors (Lipinski definition) is 3. The third kappa shape index (κ3) is 2.61. The molecule has 0 aromatic heterocycles. The van der Waals surface area contributed by atoms with Gasteiger partial charge in [0.2, 0.25) is 0 Å².